The normalized spacial score (nSPS) is 13.5. The van der Waals surface area contributed by atoms with Gasteiger partial charge in [-0.2, -0.15) is 0 Å². The maximum Gasteiger partial charge on any atom is 0.0683 e. The molecule has 0 radical (unpaired) electrons. The van der Waals surface area contributed by atoms with E-state index >= 15 is 0 Å². The molecule has 0 amide bonds. The van der Waals surface area contributed by atoms with E-state index in [1.807, 2.05) is 14.0 Å². The fraction of sp³-hybridized carbons (Fsp3) is 0.417. The van der Waals surface area contributed by atoms with Gasteiger partial charge < -0.3 is 0 Å². The average Bonchev–Trinajstić information content (AvgIpc) is 2.14. The summed E-state index contributed by atoms with van der Waals surface area (Å²) in [4.78, 5) is 4.06. The average molecular weight is 209 g/mol. The predicted octanol–water partition coefficient (Wildman–Crippen LogP) is 4.19. The van der Waals surface area contributed by atoms with Gasteiger partial charge in [-0.15, -0.1) is 0 Å². The largest absolute Gasteiger partial charge is 0.286 e. The van der Waals surface area contributed by atoms with Crippen LogP contribution in [0.1, 0.15) is 27.7 Å². The number of allylic oxidation sites excluding steroid dienone is 5. The third-order valence-electron chi connectivity index (χ3n) is 1.56. The van der Waals surface area contributed by atoms with Crippen LogP contribution in [-0.4, -0.2) is 12.1 Å². The van der Waals surface area contributed by atoms with E-state index in [1.54, 1.807) is 11.8 Å². The molecule has 0 rings (SSSR count). The summed E-state index contributed by atoms with van der Waals surface area (Å²) >= 11 is 1.65. The molecule has 14 heavy (non-hydrogen) atoms. The first-order valence-electron chi connectivity index (χ1n) is 4.64. The van der Waals surface area contributed by atoms with Crippen molar-refractivity contribution < 1.29 is 0 Å². The molecule has 0 heterocycles. The van der Waals surface area contributed by atoms with E-state index in [1.165, 1.54) is 11.1 Å². The van der Waals surface area contributed by atoms with E-state index in [4.69, 9.17) is 0 Å². The molecule has 0 fully saturated rings. The highest BCUT2D eigenvalue weighted by Gasteiger charge is 1.84. The Morgan fingerprint density at radius 2 is 1.71 bits per heavy atom. The summed E-state index contributed by atoms with van der Waals surface area (Å²) in [5.74, 6) is 0. The molecule has 0 bridgehead atoms. The van der Waals surface area contributed by atoms with Gasteiger partial charge in [0.25, 0.3) is 0 Å². The van der Waals surface area contributed by atoms with Gasteiger partial charge in [-0.1, -0.05) is 41.1 Å². The maximum absolute atomic E-state index is 4.06. The van der Waals surface area contributed by atoms with Crippen molar-refractivity contribution in [2.45, 2.75) is 27.7 Å². The van der Waals surface area contributed by atoms with Crippen LogP contribution < -0.4 is 0 Å². The molecule has 0 aromatic heterocycles. The lowest BCUT2D eigenvalue weighted by molar-refractivity contribution is 1.38. The molecule has 0 atom stereocenters. The second kappa shape index (κ2) is 7.63. The molecular formula is C12H19NS. The molecule has 0 saturated carbocycles. The van der Waals surface area contributed by atoms with Crippen LogP contribution in [0.15, 0.2) is 39.8 Å². The van der Waals surface area contributed by atoms with Crippen LogP contribution in [0.5, 0.6) is 0 Å². The number of nitrogens with zero attached hydrogens (tertiary/aromatic N) is 1. The van der Waals surface area contributed by atoms with E-state index in [-0.39, 0.29) is 0 Å². The minimum Gasteiger partial charge on any atom is -0.286 e. The van der Waals surface area contributed by atoms with E-state index < -0.39 is 0 Å². The highest BCUT2D eigenvalue weighted by Crippen LogP contribution is 2.08. The van der Waals surface area contributed by atoms with Crippen molar-refractivity contribution in [2.75, 3.05) is 7.05 Å². The van der Waals surface area contributed by atoms with Crippen molar-refractivity contribution in [3.8, 4) is 0 Å². The summed E-state index contributed by atoms with van der Waals surface area (Å²) in [6.45, 7) is 8.28. The molecule has 0 unspecified atom stereocenters. The lowest BCUT2D eigenvalue weighted by atomic mass is 10.2. The fourth-order valence-corrected chi connectivity index (χ4v) is 1.23. The minimum absolute atomic E-state index is 1.08. The lowest BCUT2D eigenvalue weighted by Gasteiger charge is -1.92. The molecule has 0 aliphatic carbocycles. The summed E-state index contributed by atoms with van der Waals surface area (Å²) in [5, 5.41) is 3.14. The molecule has 0 aromatic carbocycles. The summed E-state index contributed by atoms with van der Waals surface area (Å²) in [7, 11) is 1.81. The van der Waals surface area contributed by atoms with Crippen molar-refractivity contribution in [1.29, 1.82) is 0 Å². The Morgan fingerprint density at radius 1 is 1.07 bits per heavy atom. The van der Waals surface area contributed by atoms with Crippen molar-refractivity contribution in [1.82, 2.24) is 0 Å². The van der Waals surface area contributed by atoms with E-state index in [0.717, 1.165) is 5.04 Å². The monoisotopic (exact) mass is 209 g/mol. The molecule has 2 heteroatoms. The number of rotatable bonds is 3. The lowest BCUT2D eigenvalue weighted by Crippen LogP contribution is -1.77. The van der Waals surface area contributed by atoms with Crippen molar-refractivity contribution in [3.63, 3.8) is 0 Å². The van der Waals surface area contributed by atoms with Gasteiger partial charge in [0.1, 0.15) is 0 Å². The second-order valence-electron chi connectivity index (χ2n) is 3.32. The van der Waals surface area contributed by atoms with Gasteiger partial charge in [-0.3, -0.25) is 4.99 Å². The molecule has 0 N–H and O–H groups in total. The smallest absolute Gasteiger partial charge is 0.0683 e. The van der Waals surface area contributed by atoms with Gasteiger partial charge in [-0.05, 0) is 33.1 Å². The first-order chi connectivity index (χ1) is 6.56. The van der Waals surface area contributed by atoms with Gasteiger partial charge >= 0.3 is 0 Å². The Labute approximate surface area is 91.7 Å². The Kier molecular flexibility index (Phi) is 7.21. The summed E-state index contributed by atoms with van der Waals surface area (Å²) < 4.78 is 0. The Morgan fingerprint density at radius 3 is 2.21 bits per heavy atom. The number of hydrogen-bond acceptors (Lipinski definition) is 2. The molecule has 0 aromatic rings. The third kappa shape index (κ3) is 7.87. The quantitative estimate of drug-likeness (QED) is 0.385. The summed E-state index contributed by atoms with van der Waals surface area (Å²) in [6.07, 6.45) is 6.33. The van der Waals surface area contributed by atoms with Gasteiger partial charge in [0.2, 0.25) is 0 Å². The first kappa shape index (κ1) is 13.2. The molecule has 1 nitrogen and oxygen atoms in total. The molecule has 0 aliphatic heterocycles. The van der Waals surface area contributed by atoms with Crippen LogP contribution in [0.25, 0.3) is 0 Å². The topological polar surface area (TPSA) is 12.4 Å². The third-order valence-corrected chi connectivity index (χ3v) is 2.36. The van der Waals surface area contributed by atoms with Gasteiger partial charge in [0.05, 0.1) is 5.04 Å². The van der Waals surface area contributed by atoms with Crippen LogP contribution in [-0.2, 0) is 0 Å². The Bertz CT molecular complexity index is 279. The Balaban J connectivity index is 4.12. The van der Waals surface area contributed by atoms with Crippen molar-refractivity contribution in [3.05, 3.63) is 34.8 Å². The number of hydrogen-bond donors (Lipinski definition) is 0. The highest BCUT2D eigenvalue weighted by atomic mass is 32.2. The molecule has 0 saturated heterocycles. The maximum atomic E-state index is 4.06. The molecule has 0 aliphatic rings. The summed E-state index contributed by atoms with van der Waals surface area (Å²) in [5.41, 5.74) is 2.57. The van der Waals surface area contributed by atoms with Crippen LogP contribution in [0.2, 0.25) is 0 Å². The standard InChI is InChI=1S/C12H19NS/c1-10(2)6-7-11(3)8-9-14-12(4)13-5/h6-9H,1-5H3/b9-8+,11-7-,13-12+. The predicted molar refractivity (Wildman–Crippen MR) is 69.0 cm³/mol. The van der Waals surface area contributed by atoms with Crippen LogP contribution >= 0.6 is 11.8 Å². The number of thioether (sulfide) groups is 1. The highest BCUT2D eigenvalue weighted by molar-refractivity contribution is 8.16. The van der Waals surface area contributed by atoms with Gasteiger partial charge in [0, 0.05) is 7.05 Å². The van der Waals surface area contributed by atoms with Crippen molar-refractivity contribution in [2.24, 2.45) is 4.99 Å². The van der Waals surface area contributed by atoms with Gasteiger partial charge in [-0.25, -0.2) is 0 Å². The van der Waals surface area contributed by atoms with E-state index in [0.29, 0.717) is 0 Å². The van der Waals surface area contributed by atoms with Crippen LogP contribution in [0.4, 0.5) is 0 Å². The summed E-state index contributed by atoms with van der Waals surface area (Å²) in [6, 6.07) is 0. The zero-order valence-electron chi connectivity index (χ0n) is 9.66. The zero-order chi connectivity index (χ0) is 11.0. The van der Waals surface area contributed by atoms with E-state index in [9.17, 15) is 0 Å². The minimum atomic E-state index is 1.08. The van der Waals surface area contributed by atoms with Crippen molar-refractivity contribution >= 4 is 16.8 Å². The molecule has 0 spiro atoms. The molecule has 78 valence electrons. The SMILES string of the molecule is C/N=C(\C)S/C=C/C(C)=C\C=C(C)C. The van der Waals surface area contributed by atoms with Gasteiger partial charge in [0.15, 0.2) is 0 Å². The van der Waals surface area contributed by atoms with E-state index in [2.05, 4.69) is 49.4 Å². The second-order valence-corrected chi connectivity index (χ2v) is 4.42. The zero-order valence-corrected chi connectivity index (χ0v) is 10.5. The van der Waals surface area contributed by atoms with Crippen LogP contribution in [0, 0.1) is 0 Å². The number of aliphatic imine (C=N–C) groups is 1. The molecular weight excluding hydrogens is 190 g/mol. The van der Waals surface area contributed by atoms with Crippen LogP contribution in [0.3, 0.4) is 0 Å². The fourth-order valence-electron chi connectivity index (χ4n) is 0.646. The Hall–Kier alpha value is -0.760. The first-order valence-corrected chi connectivity index (χ1v) is 5.52.